The standard InChI is InChI=1S/C15H19NO3/c1-2-3-4-12-11-8-14-13(18-9-19-14)7-10(11)5-6-15(17)16-12/h7-8,12H,2-6,9H2,1H3,(H,16,17)/t12-/m1/s1. The number of hydrogen-bond acceptors (Lipinski definition) is 3. The van der Waals surface area contributed by atoms with Crippen LogP contribution in [0.1, 0.15) is 49.8 Å². The molecule has 1 atom stereocenters. The van der Waals surface area contributed by atoms with E-state index in [-0.39, 0.29) is 11.9 Å². The third-order valence-corrected chi connectivity index (χ3v) is 3.81. The van der Waals surface area contributed by atoms with Gasteiger partial charge in [0.1, 0.15) is 0 Å². The van der Waals surface area contributed by atoms with Gasteiger partial charge in [-0.1, -0.05) is 19.8 Å². The summed E-state index contributed by atoms with van der Waals surface area (Å²) in [6.07, 6.45) is 4.55. The Bertz CT molecular complexity index is 498. The first kappa shape index (κ1) is 12.3. The Kier molecular flexibility index (Phi) is 3.32. The minimum absolute atomic E-state index is 0.111. The first-order valence-electron chi connectivity index (χ1n) is 6.99. The van der Waals surface area contributed by atoms with E-state index in [9.17, 15) is 4.79 Å². The van der Waals surface area contributed by atoms with E-state index in [0.29, 0.717) is 13.2 Å². The number of aryl methyl sites for hydroxylation is 1. The van der Waals surface area contributed by atoms with Gasteiger partial charge in [0.2, 0.25) is 12.7 Å². The lowest BCUT2D eigenvalue weighted by Crippen LogP contribution is -2.26. The zero-order valence-electron chi connectivity index (χ0n) is 11.2. The fourth-order valence-electron chi connectivity index (χ4n) is 2.77. The van der Waals surface area contributed by atoms with Crippen molar-refractivity contribution in [2.24, 2.45) is 0 Å². The van der Waals surface area contributed by atoms with Gasteiger partial charge in [0.05, 0.1) is 6.04 Å². The molecule has 1 aromatic carbocycles. The fourth-order valence-corrected chi connectivity index (χ4v) is 2.77. The van der Waals surface area contributed by atoms with E-state index in [2.05, 4.69) is 12.2 Å². The number of unbranched alkanes of at least 4 members (excludes halogenated alkanes) is 1. The van der Waals surface area contributed by atoms with Gasteiger partial charge in [0, 0.05) is 6.42 Å². The van der Waals surface area contributed by atoms with E-state index in [1.54, 1.807) is 0 Å². The minimum Gasteiger partial charge on any atom is -0.454 e. The number of carbonyl (C=O) groups excluding carboxylic acids is 1. The molecule has 2 aliphatic rings. The van der Waals surface area contributed by atoms with Gasteiger partial charge in [0.25, 0.3) is 0 Å². The lowest BCUT2D eigenvalue weighted by atomic mass is 9.95. The molecule has 0 radical (unpaired) electrons. The molecule has 3 rings (SSSR count). The first-order valence-corrected chi connectivity index (χ1v) is 6.99. The molecule has 0 fully saturated rings. The molecular formula is C15H19NO3. The number of rotatable bonds is 3. The number of nitrogens with one attached hydrogen (secondary N) is 1. The number of amides is 1. The van der Waals surface area contributed by atoms with Gasteiger partial charge in [-0.3, -0.25) is 4.79 Å². The molecule has 2 aliphatic heterocycles. The SMILES string of the molecule is CCCC[C@H]1NC(=O)CCc2cc3c(cc21)OCO3. The molecule has 0 aliphatic carbocycles. The average molecular weight is 261 g/mol. The summed E-state index contributed by atoms with van der Waals surface area (Å²) >= 11 is 0. The summed E-state index contributed by atoms with van der Waals surface area (Å²) in [5, 5.41) is 3.13. The van der Waals surface area contributed by atoms with Crippen molar-refractivity contribution in [1.29, 1.82) is 0 Å². The van der Waals surface area contributed by atoms with Crippen LogP contribution in [0.3, 0.4) is 0 Å². The van der Waals surface area contributed by atoms with Gasteiger partial charge >= 0.3 is 0 Å². The highest BCUT2D eigenvalue weighted by Gasteiger charge is 2.25. The molecule has 4 nitrogen and oxygen atoms in total. The number of hydrogen-bond donors (Lipinski definition) is 1. The van der Waals surface area contributed by atoms with E-state index in [4.69, 9.17) is 9.47 Å². The Morgan fingerprint density at radius 2 is 2.05 bits per heavy atom. The van der Waals surface area contributed by atoms with E-state index in [1.807, 2.05) is 12.1 Å². The summed E-state index contributed by atoms with van der Waals surface area (Å²) in [5.74, 6) is 1.75. The van der Waals surface area contributed by atoms with Gasteiger partial charge in [-0.15, -0.1) is 0 Å². The summed E-state index contributed by atoms with van der Waals surface area (Å²) < 4.78 is 10.9. The van der Waals surface area contributed by atoms with E-state index < -0.39 is 0 Å². The predicted molar refractivity (Wildman–Crippen MR) is 71.3 cm³/mol. The molecule has 0 spiro atoms. The number of ether oxygens (including phenoxy) is 2. The molecular weight excluding hydrogens is 242 g/mol. The third kappa shape index (κ3) is 2.39. The third-order valence-electron chi connectivity index (χ3n) is 3.81. The quantitative estimate of drug-likeness (QED) is 0.910. The highest BCUT2D eigenvalue weighted by Crippen LogP contribution is 2.39. The van der Waals surface area contributed by atoms with Gasteiger partial charge in [-0.25, -0.2) is 0 Å². The lowest BCUT2D eigenvalue weighted by Gasteiger charge is -2.19. The molecule has 19 heavy (non-hydrogen) atoms. The number of carbonyl (C=O) groups is 1. The Hall–Kier alpha value is -1.71. The summed E-state index contributed by atoms with van der Waals surface area (Å²) in [6.45, 7) is 2.46. The molecule has 1 aromatic rings. The van der Waals surface area contributed by atoms with Crippen LogP contribution in [0.25, 0.3) is 0 Å². The molecule has 0 aromatic heterocycles. The van der Waals surface area contributed by atoms with Crippen LogP contribution in [0.15, 0.2) is 12.1 Å². The maximum atomic E-state index is 11.8. The van der Waals surface area contributed by atoms with E-state index in [0.717, 1.165) is 37.2 Å². The molecule has 0 unspecified atom stereocenters. The predicted octanol–water partition coefficient (Wildman–Crippen LogP) is 2.71. The Labute approximate surface area is 113 Å². The van der Waals surface area contributed by atoms with Crippen molar-refractivity contribution in [3.05, 3.63) is 23.3 Å². The van der Waals surface area contributed by atoms with Crippen LogP contribution in [0.5, 0.6) is 11.5 Å². The topological polar surface area (TPSA) is 47.6 Å². The van der Waals surface area contributed by atoms with Crippen molar-refractivity contribution < 1.29 is 14.3 Å². The lowest BCUT2D eigenvalue weighted by molar-refractivity contribution is -0.121. The summed E-state index contributed by atoms with van der Waals surface area (Å²) in [5.41, 5.74) is 2.41. The van der Waals surface area contributed by atoms with Crippen molar-refractivity contribution in [2.45, 2.75) is 45.1 Å². The average Bonchev–Trinajstić information content (AvgIpc) is 2.81. The summed E-state index contributed by atoms with van der Waals surface area (Å²) in [4.78, 5) is 11.8. The van der Waals surface area contributed by atoms with Crippen molar-refractivity contribution in [3.63, 3.8) is 0 Å². The van der Waals surface area contributed by atoms with Crippen molar-refractivity contribution in [1.82, 2.24) is 5.32 Å². The summed E-state index contributed by atoms with van der Waals surface area (Å²) in [6, 6.07) is 4.19. The molecule has 4 heteroatoms. The second-order valence-electron chi connectivity index (χ2n) is 5.17. The Morgan fingerprint density at radius 3 is 2.84 bits per heavy atom. The van der Waals surface area contributed by atoms with Crippen molar-refractivity contribution in [2.75, 3.05) is 6.79 Å². The molecule has 0 saturated heterocycles. The van der Waals surface area contributed by atoms with Gasteiger partial charge < -0.3 is 14.8 Å². The monoisotopic (exact) mass is 261 g/mol. The normalized spacial score (nSPS) is 20.7. The van der Waals surface area contributed by atoms with Crippen LogP contribution < -0.4 is 14.8 Å². The zero-order valence-corrected chi connectivity index (χ0v) is 11.2. The minimum atomic E-state index is 0.111. The van der Waals surface area contributed by atoms with Crippen molar-refractivity contribution in [3.8, 4) is 11.5 Å². The van der Waals surface area contributed by atoms with Crippen LogP contribution in [0.2, 0.25) is 0 Å². The van der Waals surface area contributed by atoms with Crippen LogP contribution in [-0.2, 0) is 11.2 Å². The van der Waals surface area contributed by atoms with Crippen LogP contribution >= 0.6 is 0 Å². The van der Waals surface area contributed by atoms with Crippen molar-refractivity contribution >= 4 is 5.91 Å². The molecule has 102 valence electrons. The Balaban J connectivity index is 1.96. The maximum absolute atomic E-state index is 11.8. The second kappa shape index (κ2) is 5.11. The summed E-state index contributed by atoms with van der Waals surface area (Å²) in [7, 11) is 0. The number of benzene rings is 1. The van der Waals surface area contributed by atoms with Gasteiger partial charge in [-0.2, -0.15) is 0 Å². The Morgan fingerprint density at radius 1 is 1.26 bits per heavy atom. The van der Waals surface area contributed by atoms with Crippen LogP contribution in [0, 0.1) is 0 Å². The smallest absolute Gasteiger partial charge is 0.231 e. The highest BCUT2D eigenvalue weighted by atomic mass is 16.7. The second-order valence-corrected chi connectivity index (χ2v) is 5.17. The molecule has 2 heterocycles. The van der Waals surface area contributed by atoms with E-state index >= 15 is 0 Å². The molecule has 0 saturated carbocycles. The zero-order chi connectivity index (χ0) is 13.2. The number of fused-ring (bicyclic) bond motifs is 2. The van der Waals surface area contributed by atoms with Crippen LogP contribution in [0.4, 0.5) is 0 Å². The largest absolute Gasteiger partial charge is 0.454 e. The van der Waals surface area contributed by atoms with Gasteiger partial charge in [0.15, 0.2) is 11.5 Å². The van der Waals surface area contributed by atoms with Crippen LogP contribution in [-0.4, -0.2) is 12.7 Å². The van der Waals surface area contributed by atoms with E-state index in [1.165, 1.54) is 11.1 Å². The first-order chi connectivity index (χ1) is 9.28. The molecule has 1 N–H and O–H groups in total. The fraction of sp³-hybridized carbons (Fsp3) is 0.533. The maximum Gasteiger partial charge on any atom is 0.231 e. The molecule has 1 amide bonds. The highest BCUT2D eigenvalue weighted by molar-refractivity contribution is 5.78. The van der Waals surface area contributed by atoms with Gasteiger partial charge in [-0.05, 0) is 36.1 Å². The molecule has 0 bridgehead atoms.